The van der Waals surface area contributed by atoms with Gasteiger partial charge in [-0.15, -0.1) is 17.5 Å². The number of carbonyl (C=O) groups is 1. The Morgan fingerprint density at radius 1 is 1.42 bits per heavy atom. The molecule has 0 spiro atoms. The first kappa shape index (κ1) is 17.9. The molecule has 0 fully saturated rings. The van der Waals surface area contributed by atoms with Crippen molar-refractivity contribution < 1.29 is 4.79 Å². The van der Waals surface area contributed by atoms with Crippen LogP contribution in [0.5, 0.6) is 0 Å². The molecule has 1 heterocycles. The average molecular weight is 290 g/mol. The molecule has 1 aromatic heterocycles. The highest BCUT2D eigenvalue weighted by Crippen LogP contribution is 2.02. The normalized spacial score (nSPS) is 10.3. The number of rotatable bonds is 8. The largest absolute Gasteiger partial charge is 0.351 e. The van der Waals surface area contributed by atoms with Crippen LogP contribution >= 0.6 is 12.4 Å². The van der Waals surface area contributed by atoms with Gasteiger partial charge in [-0.1, -0.05) is 19.1 Å². The molecule has 1 rings (SSSR count). The molecule has 1 aromatic rings. The maximum Gasteiger partial charge on any atom is 0.273 e. The quantitative estimate of drug-likeness (QED) is 0.703. The Bertz CT molecular complexity index is 367. The predicted octanol–water partition coefficient (Wildman–Crippen LogP) is 1.09. The van der Waals surface area contributed by atoms with Crippen LogP contribution in [0.1, 0.15) is 37.2 Å². The lowest BCUT2D eigenvalue weighted by atomic mass is 10.1. The van der Waals surface area contributed by atoms with E-state index in [1.54, 1.807) is 10.9 Å². The lowest BCUT2D eigenvalue weighted by Crippen LogP contribution is -2.26. The van der Waals surface area contributed by atoms with Crippen molar-refractivity contribution in [2.24, 2.45) is 5.92 Å². The summed E-state index contributed by atoms with van der Waals surface area (Å²) in [5.74, 6) is 0.468. The first-order valence-electron chi connectivity index (χ1n) is 6.46. The van der Waals surface area contributed by atoms with Gasteiger partial charge in [0.1, 0.15) is 0 Å². The van der Waals surface area contributed by atoms with Gasteiger partial charge in [-0.3, -0.25) is 9.48 Å². The second-order valence-electron chi connectivity index (χ2n) is 4.76. The molecular weight excluding hydrogens is 266 g/mol. The Morgan fingerprint density at radius 3 is 2.79 bits per heavy atom. The molecule has 19 heavy (non-hydrogen) atoms. The Kier molecular flexibility index (Phi) is 9.16. The topological polar surface area (TPSA) is 71.8 Å². The van der Waals surface area contributed by atoms with Crippen LogP contribution in [0.2, 0.25) is 0 Å². The summed E-state index contributed by atoms with van der Waals surface area (Å²) in [5.41, 5.74) is 0.392. The summed E-state index contributed by atoms with van der Waals surface area (Å²) in [5, 5.41) is 13.7. The van der Waals surface area contributed by atoms with E-state index in [-0.39, 0.29) is 18.3 Å². The van der Waals surface area contributed by atoms with Gasteiger partial charge in [0.25, 0.3) is 5.91 Å². The van der Waals surface area contributed by atoms with Gasteiger partial charge in [0.05, 0.1) is 6.20 Å². The molecule has 0 aliphatic heterocycles. The number of hydrogen-bond acceptors (Lipinski definition) is 4. The van der Waals surface area contributed by atoms with Gasteiger partial charge in [0, 0.05) is 13.1 Å². The molecule has 1 amide bonds. The molecule has 0 radical (unpaired) electrons. The second-order valence-corrected chi connectivity index (χ2v) is 4.76. The Labute approximate surface area is 120 Å². The van der Waals surface area contributed by atoms with Gasteiger partial charge >= 0.3 is 0 Å². The van der Waals surface area contributed by atoms with E-state index in [1.165, 1.54) is 0 Å². The third-order valence-corrected chi connectivity index (χ3v) is 2.60. The van der Waals surface area contributed by atoms with Crippen molar-refractivity contribution in [3.05, 3.63) is 11.9 Å². The molecule has 0 aliphatic rings. The van der Waals surface area contributed by atoms with E-state index >= 15 is 0 Å². The molecule has 0 aliphatic carbocycles. The van der Waals surface area contributed by atoms with Crippen molar-refractivity contribution in [3.63, 3.8) is 0 Å². The van der Waals surface area contributed by atoms with E-state index in [9.17, 15) is 4.79 Å². The van der Waals surface area contributed by atoms with Crippen LogP contribution in [-0.2, 0) is 6.54 Å². The fourth-order valence-electron chi connectivity index (χ4n) is 1.46. The molecular formula is C12H24ClN5O. The molecule has 110 valence electrons. The predicted molar refractivity (Wildman–Crippen MR) is 77.6 cm³/mol. The van der Waals surface area contributed by atoms with Crippen molar-refractivity contribution in [3.8, 4) is 0 Å². The minimum Gasteiger partial charge on any atom is -0.351 e. The molecule has 0 saturated carbocycles. The van der Waals surface area contributed by atoms with Crippen molar-refractivity contribution in [1.82, 2.24) is 25.6 Å². The number of aromatic nitrogens is 3. The summed E-state index contributed by atoms with van der Waals surface area (Å²) in [7, 11) is 1.89. The molecule has 7 heteroatoms. The summed E-state index contributed by atoms with van der Waals surface area (Å²) in [4.78, 5) is 11.7. The third kappa shape index (κ3) is 7.12. The maximum atomic E-state index is 11.7. The molecule has 2 N–H and O–H groups in total. The molecule has 0 aromatic carbocycles. The van der Waals surface area contributed by atoms with Crippen molar-refractivity contribution in [2.75, 3.05) is 20.1 Å². The zero-order valence-electron chi connectivity index (χ0n) is 11.8. The van der Waals surface area contributed by atoms with Gasteiger partial charge in [-0.2, -0.15) is 0 Å². The zero-order chi connectivity index (χ0) is 13.4. The van der Waals surface area contributed by atoms with Crippen LogP contribution in [0.25, 0.3) is 0 Å². The van der Waals surface area contributed by atoms with Gasteiger partial charge in [0.15, 0.2) is 5.69 Å². The van der Waals surface area contributed by atoms with E-state index in [0.717, 1.165) is 25.9 Å². The summed E-state index contributed by atoms with van der Waals surface area (Å²) >= 11 is 0. The van der Waals surface area contributed by atoms with Crippen LogP contribution in [0.4, 0.5) is 0 Å². The van der Waals surface area contributed by atoms with Crippen LogP contribution in [0, 0.1) is 5.92 Å². The monoisotopic (exact) mass is 289 g/mol. The fourth-order valence-corrected chi connectivity index (χ4v) is 1.46. The lowest BCUT2D eigenvalue weighted by molar-refractivity contribution is 0.0948. The third-order valence-electron chi connectivity index (χ3n) is 2.60. The Balaban J connectivity index is 0.00000324. The molecule has 0 atom stereocenters. The number of nitrogens with zero attached hydrogens (tertiary/aromatic N) is 3. The van der Waals surface area contributed by atoms with Crippen LogP contribution in [-0.4, -0.2) is 41.0 Å². The van der Waals surface area contributed by atoms with Gasteiger partial charge in [-0.05, 0) is 32.4 Å². The van der Waals surface area contributed by atoms with E-state index < -0.39 is 0 Å². The van der Waals surface area contributed by atoms with Crippen LogP contribution < -0.4 is 10.6 Å². The smallest absolute Gasteiger partial charge is 0.273 e. The number of aryl methyl sites for hydroxylation is 1. The van der Waals surface area contributed by atoms with Gasteiger partial charge < -0.3 is 10.6 Å². The minimum atomic E-state index is -0.151. The maximum absolute atomic E-state index is 11.7. The second kappa shape index (κ2) is 9.75. The van der Waals surface area contributed by atoms with Crippen LogP contribution in [0.3, 0.4) is 0 Å². The summed E-state index contributed by atoms with van der Waals surface area (Å²) in [6, 6.07) is 0. The van der Waals surface area contributed by atoms with E-state index in [1.807, 2.05) is 7.05 Å². The zero-order valence-corrected chi connectivity index (χ0v) is 12.7. The highest BCUT2D eigenvalue weighted by Gasteiger charge is 2.09. The number of carbonyl (C=O) groups excluding carboxylic acids is 1. The van der Waals surface area contributed by atoms with Crippen molar-refractivity contribution in [2.45, 2.75) is 33.2 Å². The number of nitrogens with one attached hydrogen (secondary N) is 2. The Morgan fingerprint density at radius 2 is 2.16 bits per heavy atom. The van der Waals surface area contributed by atoms with Gasteiger partial charge in [0.2, 0.25) is 0 Å². The first-order chi connectivity index (χ1) is 8.63. The standard InChI is InChI=1S/C12H23N5O.ClH/c1-10(2)5-8-17-9-11(15-16-17)12(18)14-7-4-6-13-3;/h9-10,13H,4-8H2,1-3H3,(H,14,18);1H. The average Bonchev–Trinajstić information content (AvgIpc) is 2.80. The highest BCUT2D eigenvalue weighted by molar-refractivity contribution is 5.91. The lowest BCUT2D eigenvalue weighted by Gasteiger charge is -2.03. The number of halogens is 1. The van der Waals surface area contributed by atoms with Crippen molar-refractivity contribution >= 4 is 18.3 Å². The number of amides is 1. The number of hydrogen-bond donors (Lipinski definition) is 2. The van der Waals surface area contributed by atoms with Crippen LogP contribution in [0.15, 0.2) is 6.20 Å². The van der Waals surface area contributed by atoms with E-state index in [0.29, 0.717) is 18.2 Å². The summed E-state index contributed by atoms with van der Waals surface area (Å²) in [6.45, 7) is 6.66. The minimum absolute atomic E-state index is 0. The Hall–Kier alpha value is -1.14. The molecule has 0 unspecified atom stereocenters. The summed E-state index contributed by atoms with van der Waals surface area (Å²) in [6.07, 6.45) is 3.64. The highest BCUT2D eigenvalue weighted by atomic mass is 35.5. The fraction of sp³-hybridized carbons (Fsp3) is 0.750. The van der Waals surface area contributed by atoms with E-state index in [2.05, 4.69) is 34.8 Å². The molecule has 0 bridgehead atoms. The summed E-state index contributed by atoms with van der Waals surface area (Å²) < 4.78 is 1.72. The first-order valence-corrected chi connectivity index (χ1v) is 6.46. The van der Waals surface area contributed by atoms with Crippen molar-refractivity contribution in [1.29, 1.82) is 0 Å². The molecule has 6 nitrogen and oxygen atoms in total. The van der Waals surface area contributed by atoms with E-state index in [4.69, 9.17) is 0 Å². The SMILES string of the molecule is CNCCCNC(=O)c1cn(CCC(C)C)nn1.Cl. The van der Waals surface area contributed by atoms with Gasteiger partial charge in [-0.25, -0.2) is 0 Å². The molecule has 0 saturated heterocycles.